The van der Waals surface area contributed by atoms with Crippen LogP contribution in [0.25, 0.3) is 0 Å². The van der Waals surface area contributed by atoms with E-state index in [1.54, 1.807) is 0 Å². The SMILES string of the molecule is CCOc1ccc(C(C)=NNC(=O)CCCCCCC(=O)NN=C(C)c2ccc(OCC)cc2)cc1. The largest absolute Gasteiger partial charge is 0.494 e. The van der Waals surface area contributed by atoms with Crippen LogP contribution in [0.5, 0.6) is 11.5 Å². The molecule has 0 saturated heterocycles. The van der Waals surface area contributed by atoms with Gasteiger partial charge in [0.05, 0.1) is 24.6 Å². The summed E-state index contributed by atoms with van der Waals surface area (Å²) in [6.07, 6.45) is 4.04. The molecular weight excluding hydrogens is 456 g/mol. The number of carbonyl (C=O) groups excluding carboxylic acids is 2. The van der Waals surface area contributed by atoms with E-state index in [0.29, 0.717) is 26.1 Å². The minimum Gasteiger partial charge on any atom is -0.494 e. The van der Waals surface area contributed by atoms with Crippen molar-refractivity contribution in [3.8, 4) is 11.5 Å². The number of hydrogen-bond acceptors (Lipinski definition) is 6. The molecule has 2 N–H and O–H groups in total. The van der Waals surface area contributed by atoms with Crippen LogP contribution >= 0.6 is 0 Å². The highest BCUT2D eigenvalue weighted by atomic mass is 16.5. The molecule has 0 aliphatic carbocycles. The van der Waals surface area contributed by atoms with Gasteiger partial charge in [0.1, 0.15) is 11.5 Å². The quantitative estimate of drug-likeness (QED) is 0.202. The molecule has 0 saturated carbocycles. The Morgan fingerprint density at radius 1 is 0.639 bits per heavy atom. The Bertz CT molecular complexity index is 931. The van der Waals surface area contributed by atoms with E-state index in [1.807, 2.05) is 76.2 Å². The van der Waals surface area contributed by atoms with Crippen molar-refractivity contribution in [3.05, 3.63) is 59.7 Å². The van der Waals surface area contributed by atoms with Crippen LogP contribution in [0.15, 0.2) is 58.7 Å². The van der Waals surface area contributed by atoms with Gasteiger partial charge < -0.3 is 9.47 Å². The van der Waals surface area contributed by atoms with Crippen LogP contribution in [-0.2, 0) is 9.59 Å². The van der Waals surface area contributed by atoms with Crippen molar-refractivity contribution in [1.82, 2.24) is 10.9 Å². The third-order valence-electron chi connectivity index (χ3n) is 5.42. The summed E-state index contributed by atoms with van der Waals surface area (Å²) in [4.78, 5) is 24.1. The molecule has 2 rings (SSSR count). The molecule has 194 valence electrons. The standard InChI is InChI=1S/C28H38N4O4/c1-5-35-25-17-13-23(14-18-25)21(3)29-31-27(33)11-9-7-8-10-12-28(34)32-30-22(4)24-15-19-26(20-16-24)36-6-2/h13-20H,5-12H2,1-4H3,(H,31,33)(H,32,34). The number of rotatable bonds is 15. The number of hydrazone groups is 2. The van der Waals surface area contributed by atoms with Gasteiger partial charge in [0, 0.05) is 12.8 Å². The second kappa shape index (κ2) is 16.1. The molecule has 0 aromatic heterocycles. The van der Waals surface area contributed by atoms with Crippen LogP contribution in [0.1, 0.15) is 77.3 Å². The topological polar surface area (TPSA) is 101 Å². The molecule has 0 aliphatic heterocycles. The van der Waals surface area contributed by atoms with E-state index in [1.165, 1.54) is 0 Å². The summed E-state index contributed by atoms with van der Waals surface area (Å²) in [6, 6.07) is 15.2. The molecule has 8 nitrogen and oxygen atoms in total. The monoisotopic (exact) mass is 494 g/mol. The van der Waals surface area contributed by atoms with E-state index in [4.69, 9.17) is 9.47 Å². The Morgan fingerprint density at radius 3 is 1.33 bits per heavy atom. The third kappa shape index (κ3) is 10.7. The van der Waals surface area contributed by atoms with Crippen LogP contribution in [0.2, 0.25) is 0 Å². The molecule has 0 atom stereocenters. The first-order valence-corrected chi connectivity index (χ1v) is 12.6. The summed E-state index contributed by atoms with van der Waals surface area (Å²) in [5, 5.41) is 8.36. The highest BCUT2D eigenvalue weighted by Crippen LogP contribution is 2.14. The van der Waals surface area contributed by atoms with E-state index >= 15 is 0 Å². The highest BCUT2D eigenvalue weighted by Gasteiger charge is 2.05. The van der Waals surface area contributed by atoms with Crippen LogP contribution in [0.3, 0.4) is 0 Å². The summed E-state index contributed by atoms with van der Waals surface area (Å²) < 4.78 is 10.9. The zero-order chi connectivity index (χ0) is 26.2. The number of benzene rings is 2. The zero-order valence-corrected chi connectivity index (χ0v) is 21.8. The Balaban J connectivity index is 1.59. The second-order valence-corrected chi connectivity index (χ2v) is 8.29. The third-order valence-corrected chi connectivity index (χ3v) is 5.42. The predicted molar refractivity (Wildman–Crippen MR) is 144 cm³/mol. The van der Waals surface area contributed by atoms with Crippen molar-refractivity contribution >= 4 is 23.2 Å². The maximum Gasteiger partial charge on any atom is 0.240 e. The maximum absolute atomic E-state index is 12.1. The van der Waals surface area contributed by atoms with Crippen LogP contribution in [-0.4, -0.2) is 36.5 Å². The number of nitrogens with zero attached hydrogens (tertiary/aromatic N) is 2. The number of unbranched alkanes of at least 4 members (excludes halogenated alkanes) is 3. The maximum atomic E-state index is 12.1. The van der Waals surface area contributed by atoms with Crippen LogP contribution < -0.4 is 20.3 Å². The fourth-order valence-corrected chi connectivity index (χ4v) is 3.38. The summed E-state index contributed by atoms with van der Waals surface area (Å²) in [6.45, 7) is 8.83. The molecular formula is C28H38N4O4. The van der Waals surface area contributed by atoms with Gasteiger partial charge in [0.25, 0.3) is 0 Å². The minimum atomic E-state index is -0.114. The number of carbonyl (C=O) groups is 2. The molecule has 0 fully saturated rings. The molecule has 8 heteroatoms. The summed E-state index contributed by atoms with van der Waals surface area (Å²) >= 11 is 0. The summed E-state index contributed by atoms with van der Waals surface area (Å²) in [7, 11) is 0. The molecule has 0 heterocycles. The van der Waals surface area contributed by atoms with Crippen molar-refractivity contribution < 1.29 is 19.1 Å². The van der Waals surface area contributed by atoms with Gasteiger partial charge in [-0.25, -0.2) is 10.9 Å². The predicted octanol–water partition coefficient (Wildman–Crippen LogP) is 5.21. The Kier molecular flexibility index (Phi) is 12.8. The Morgan fingerprint density at radius 2 is 1.00 bits per heavy atom. The lowest BCUT2D eigenvalue weighted by molar-refractivity contribution is -0.122. The zero-order valence-electron chi connectivity index (χ0n) is 21.8. The molecule has 0 unspecified atom stereocenters. The van der Waals surface area contributed by atoms with Crippen molar-refractivity contribution in [1.29, 1.82) is 0 Å². The molecule has 2 aromatic carbocycles. The first-order valence-electron chi connectivity index (χ1n) is 12.6. The van der Waals surface area contributed by atoms with Gasteiger partial charge in [0.2, 0.25) is 11.8 Å². The fraction of sp³-hybridized carbons (Fsp3) is 0.429. The molecule has 36 heavy (non-hydrogen) atoms. The average Bonchev–Trinajstić information content (AvgIpc) is 2.89. The van der Waals surface area contributed by atoms with Gasteiger partial charge >= 0.3 is 0 Å². The molecule has 2 aromatic rings. The number of nitrogens with one attached hydrogen (secondary N) is 2. The van der Waals surface area contributed by atoms with Gasteiger partial charge in [-0.15, -0.1) is 0 Å². The van der Waals surface area contributed by atoms with E-state index in [2.05, 4.69) is 21.1 Å². The highest BCUT2D eigenvalue weighted by molar-refractivity contribution is 5.99. The first-order chi connectivity index (χ1) is 17.4. The molecule has 0 aliphatic rings. The molecule has 0 bridgehead atoms. The Labute approximate surface area is 214 Å². The van der Waals surface area contributed by atoms with Crippen LogP contribution in [0, 0.1) is 0 Å². The summed E-state index contributed by atoms with van der Waals surface area (Å²) in [5.74, 6) is 1.39. The number of amides is 2. The normalized spacial score (nSPS) is 11.7. The van der Waals surface area contributed by atoms with E-state index in [0.717, 1.165) is 59.7 Å². The Hall–Kier alpha value is -3.68. The minimum absolute atomic E-state index is 0.114. The lowest BCUT2D eigenvalue weighted by Crippen LogP contribution is -2.19. The molecule has 2 amide bonds. The van der Waals surface area contributed by atoms with Crippen molar-refractivity contribution in [3.63, 3.8) is 0 Å². The first kappa shape index (κ1) is 28.6. The van der Waals surface area contributed by atoms with Crippen molar-refractivity contribution in [2.75, 3.05) is 13.2 Å². The van der Waals surface area contributed by atoms with E-state index in [-0.39, 0.29) is 11.8 Å². The molecule has 0 radical (unpaired) electrons. The smallest absolute Gasteiger partial charge is 0.240 e. The number of ether oxygens (including phenoxy) is 2. The second-order valence-electron chi connectivity index (χ2n) is 8.29. The molecule has 0 spiro atoms. The van der Waals surface area contributed by atoms with Gasteiger partial charge in [-0.05, 0) is 100 Å². The van der Waals surface area contributed by atoms with Gasteiger partial charge in [-0.1, -0.05) is 12.8 Å². The average molecular weight is 495 g/mol. The van der Waals surface area contributed by atoms with Crippen molar-refractivity contribution in [2.45, 2.75) is 66.2 Å². The van der Waals surface area contributed by atoms with E-state index in [9.17, 15) is 9.59 Å². The lowest BCUT2D eigenvalue weighted by atomic mass is 10.1. The number of hydrogen-bond donors (Lipinski definition) is 2. The van der Waals surface area contributed by atoms with Gasteiger partial charge in [-0.2, -0.15) is 10.2 Å². The summed E-state index contributed by atoms with van der Waals surface area (Å²) in [5.41, 5.74) is 8.55. The van der Waals surface area contributed by atoms with Gasteiger partial charge in [0.15, 0.2) is 0 Å². The van der Waals surface area contributed by atoms with Gasteiger partial charge in [-0.3, -0.25) is 9.59 Å². The van der Waals surface area contributed by atoms with Crippen molar-refractivity contribution in [2.24, 2.45) is 10.2 Å². The lowest BCUT2D eigenvalue weighted by Gasteiger charge is -2.06. The van der Waals surface area contributed by atoms with Crippen LogP contribution in [0.4, 0.5) is 0 Å². The van der Waals surface area contributed by atoms with E-state index < -0.39 is 0 Å². The fourth-order valence-electron chi connectivity index (χ4n) is 3.38.